The lowest BCUT2D eigenvalue weighted by atomic mass is 9.98. The third-order valence-electron chi connectivity index (χ3n) is 3.36. The van der Waals surface area contributed by atoms with Crippen molar-refractivity contribution in [2.24, 2.45) is 5.84 Å². The van der Waals surface area contributed by atoms with Crippen LogP contribution in [0.5, 0.6) is 0 Å². The van der Waals surface area contributed by atoms with Gasteiger partial charge in [0, 0.05) is 16.5 Å². The van der Waals surface area contributed by atoms with Crippen molar-refractivity contribution in [2.45, 2.75) is 6.04 Å². The van der Waals surface area contributed by atoms with E-state index in [1.54, 1.807) is 6.07 Å². The van der Waals surface area contributed by atoms with E-state index in [1.807, 2.05) is 18.2 Å². The van der Waals surface area contributed by atoms with Gasteiger partial charge in [0.1, 0.15) is 17.2 Å². The van der Waals surface area contributed by atoms with Crippen LogP contribution >= 0.6 is 15.9 Å². The molecule has 0 saturated carbocycles. The van der Waals surface area contributed by atoms with Crippen LogP contribution < -0.4 is 11.3 Å². The van der Waals surface area contributed by atoms with Crippen LogP contribution in [0.3, 0.4) is 0 Å². The Hall–Kier alpha value is -1.76. The van der Waals surface area contributed by atoms with Crippen molar-refractivity contribution in [3.8, 4) is 0 Å². The summed E-state index contributed by atoms with van der Waals surface area (Å²) in [5, 5.41) is 0.749. The summed E-state index contributed by atoms with van der Waals surface area (Å²) in [7, 11) is 0. The molecular formula is C15H11BrF2N2O. The molecule has 0 aliphatic carbocycles. The third-order valence-corrected chi connectivity index (χ3v) is 3.97. The first kappa shape index (κ1) is 14.2. The van der Waals surface area contributed by atoms with Gasteiger partial charge in [0.2, 0.25) is 0 Å². The van der Waals surface area contributed by atoms with Gasteiger partial charge in [0.05, 0.1) is 16.8 Å². The van der Waals surface area contributed by atoms with Crippen LogP contribution in [-0.4, -0.2) is 0 Å². The van der Waals surface area contributed by atoms with Crippen molar-refractivity contribution in [1.82, 2.24) is 5.43 Å². The predicted molar refractivity (Wildman–Crippen MR) is 79.4 cm³/mol. The summed E-state index contributed by atoms with van der Waals surface area (Å²) in [5.41, 5.74) is 3.51. The van der Waals surface area contributed by atoms with Crippen molar-refractivity contribution in [3.05, 3.63) is 69.9 Å². The summed E-state index contributed by atoms with van der Waals surface area (Å²) >= 11 is 3.06. The fourth-order valence-corrected chi connectivity index (χ4v) is 2.70. The number of halogens is 3. The van der Waals surface area contributed by atoms with Crippen molar-refractivity contribution in [2.75, 3.05) is 0 Å². The molecule has 0 aliphatic heterocycles. The molecule has 0 aliphatic rings. The molecule has 3 nitrogen and oxygen atoms in total. The minimum absolute atomic E-state index is 0.154. The Balaban J connectivity index is 2.22. The number of nitrogens with one attached hydrogen (secondary N) is 1. The van der Waals surface area contributed by atoms with Crippen LogP contribution in [0.2, 0.25) is 0 Å². The van der Waals surface area contributed by atoms with Crippen LogP contribution in [0.4, 0.5) is 8.78 Å². The van der Waals surface area contributed by atoms with Gasteiger partial charge in [-0.1, -0.05) is 18.2 Å². The van der Waals surface area contributed by atoms with Crippen LogP contribution in [0.1, 0.15) is 17.2 Å². The van der Waals surface area contributed by atoms with Gasteiger partial charge in [-0.15, -0.1) is 0 Å². The van der Waals surface area contributed by atoms with Gasteiger partial charge >= 0.3 is 0 Å². The highest BCUT2D eigenvalue weighted by molar-refractivity contribution is 9.10. The highest BCUT2D eigenvalue weighted by atomic mass is 79.9. The Labute approximate surface area is 127 Å². The van der Waals surface area contributed by atoms with E-state index in [2.05, 4.69) is 21.4 Å². The minimum atomic E-state index is -0.855. The van der Waals surface area contributed by atoms with Crippen LogP contribution in [-0.2, 0) is 0 Å². The first-order valence-electron chi connectivity index (χ1n) is 6.19. The molecule has 21 heavy (non-hydrogen) atoms. The van der Waals surface area contributed by atoms with Gasteiger partial charge in [-0.25, -0.2) is 14.2 Å². The van der Waals surface area contributed by atoms with Gasteiger partial charge in [0.15, 0.2) is 0 Å². The first-order chi connectivity index (χ1) is 10.1. The lowest BCUT2D eigenvalue weighted by Crippen LogP contribution is -2.30. The molecular weight excluding hydrogens is 342 g/mol. The molecule has 108 valence electrons. The van der Waals surface area contributed by atoms with E-state index in [1.165, 1.54) is 18.4 Å². The molecule has 3 aromatic rings. The van der Waals surface area contributed by atoms with Gasteiger partial charge in [-0.2, -0.15) is 0 Å². The minimum Gasteiger partial charge on any atom is -0.464 e. The summed E-state index contributed by atoms with van der Waals surface area (Å²) in [5.74, 6) is 4.17. The topological polar surface area (TPSA) is 51.2 Å². The standard InChI is InChI=1S/C15H11BrF2N2O/c16-10-5-6-11(17)13(14(10)18)15(20-19)9-7-21-12-4-2-1-3-8(9)12/h1-7,15,20H,19H2. The van der Waals surface area contributed by atoms with E-state index in [4.69, 9.17) is 10.3 Å². The molecule has 1 atom stereocenters. The molecule has 0 amide bonds. The fourth-order valence-electron chi connectivity index (χ4n) is 2.36. The van der Waals surface area contributed by atoms with Crippen molar-refractivity contribution >= 4 is 26.9 Å². The molecule has 1 heterocycles. The summed E-state index contributed by atoms with van der Waals surface area (Å²) in [6.07, 6.45) is 1.45. The summed E-state index contributed by atoms with van der Waals surface area (Å²) in [6.45, 7) is 0. The maximum absolute atomic E-state index is 14.3. The Kier molecular flexibility index (Phi) is 3.75. The zero-order chi connectivity index (χ0) is 15.0. The van der Waals surface area contributed by atoms with E-state index in [0.717, 1.165) is 5.39 Å². The van der Waals surface area contributed by atoms with E-state index in [0.29, 0.717) is 11.1 Å². The van der Waals surface area contributed by atoms with Crippen molar-refractivity contribution < 1.29 is 13.2 Å². The van der Waals surface area contributed by atoms with Crippen LogP contribution in [0.15, 0.2) is 51.6 Å². The Morgan fingerprint density at radius 3 is 2.67 bits per heavy atom. The second-order valence-corrected chi connectivity index (χ2v) is 5.40. The number of fused-ring (bicyclic) bond motifs is 1. The fraction of sp³-hybridized carbons (Fsp3) is 0.0667. The molecule has 0 bridgehead atoms. The average Bonchev–Trinajstić information content (AvgIpc) is 2.91. The van der Waals surface area contributed by atoms with Gasteiger partial charge < -0.3 is 4.42 Å². The normalized spacial score (nSPS) is 12.8. The Bertz CT molecular complexity index is 803. The van der Waals surface area contributed by atoms with Gasteiger partial charge in [-0.3, -0.25) is 5.84 Å². The smallest absolute Gasteiger partial charge is 0.145 e. The number of hydrogen-bond donors (Lipinski definition) is 2. The predicted octanol–water partition coefficient (Wildman–Crippen LogP) is 4.03. The maximum atomic E-state index is 14.3. The molecule has 0 fully saturated rings. The second-order valence-electron chi connectivity index (χ2n) is 4.54. The van der Waals surface area contributed by atoms with Crippen LogP contribution in [0.25, 0.3) is 11.0 Å². The van der Waals surface area contributed by atoms with E-state index >= 15 is 0 Å². The number of hydrogen-bond acceptors (Lipinski definition) is 3. The summed E-state index contributed by atoms with van der Waals surface area (Å²) < 4.78 is 33.9. The molecule has 6 heteroatoms. The number of rotatable bonds is 3. The summed E-state index contributed by atoms with van der Waals surface area (Å²) in [6, 6.07) is 8.88. The van der Waals surface area contributed by atoms with Crippen LogP contribution in [0, 0.1) is 11.6 Å². The number of benzene rings is 2. The third kappa shape index (κ3) is 2.35. The molecule has 3 N–H and O–H groups in total. The molecule has 0 spiro atoms. The molecule has 2 aromatic carbocycles. The maximum Gasteiger partial charge on any atom is 0.145 e. The number of furan rings is 1. The molecule has 0 radical (unpaired) electrons. The Morgan fingerprint density at radius 2 is 1.90 bits per heavy atom. The SMILES string of the molecule is NNC(c1c(F)ccc(Br)c1F)c1coc2ccccc12. The van der Waals surface area contributed by atoms with Gasteiger partial charge in [-0.05, 0) is 34.1 Å². The molecule has 3 rings (SSSR count). The van der Waals surface area contributed by atoms with E-state index in [9.17, 15) is 8.78 Å². The largest absolute Gasteiger partial charge is 0.464 e. The Morgan fingerprint density at radius 1 is 1.14 bits per heavy atom. The lowest BCUT2D eigenvalue weighted by molar-refractivity contribution is 0.504. The highest BCUT2D eigenvalue weighted by Gasteiger charge is 2.25. The molecule has 1 aromatic heterocycles. The second kappa shape index (κ2) is 5.55. The van der Waals surface area contributed by atoms with E-state index in [-0.39, 0.29) is 10.0 Å². The number of nitrogens with two attached hydrogens (primary N) is 1. The molecule has 0 saturated heterocycles. The quantitative estimate of drug-likeness (QED) is 0.425. The summed E-state index contributed by atoms with van der Waals surface area (Å²) in [4.78, 5) is 0. The van der Waals surface area contributed by atoms with E-state index < -0.39 is 17.7 Å². The monoisotopic (exact) mass is 352 g/mol. The number of para-hydroxylation sites is 1. The average molecular weight is 353 g/mol. The van der Waals surface area contributed by atoms with Crippen molar-refractivity contribution in [3.63, 3.8) is 0 Å². The zero-order valence-electron chi connectivity index (χ0n) is 10.7. The first-order valence-corrected chi connectivity index (χ1v) is 6.98. The van der Waals surface area contributed by atoms with Crippen molar-refractivity contribution in [1.29, 1.82) is 0 Å². The highest BCUT2D eigenvalue weighted by Crippen LogP contribution is 2.34. The van der Waals surface area contributed by atoms with Gasteiger partial charge in [0.25, 0.3) is 0 Å². The lowest BCUT2D eigenvalue weighted by Gasteiger charge is -2.17. The number of hydrazine groups is 1. The zero-order valence-corrected chi connectivity index (χ0v) is 12.3. The molecule has 1 unspecified atom stereocenters.